The van der Waals surface area contributed by atoms with Crippen molar-refractivity contribution in [3.05, 3.63) is 109 Å². The molecule has 6 nitrogen and oxygen atoms in total. The van der Waals surface area contributed by atoms with Gasteiger partial charge in [0.05, 0.1) is 0 Å². The summed E-state index contributed by atoms with van der Waals surface area (Å²) in [6.45, 7) is 6.40. The number of hydrogen-bond acceptors (Lipinski definition) is 6. The van der Waals surface area contributed by atoms with Crippen molar-refractivity contribution in [3.8, 4) is 0 Å². The first-order valence-corrected chi connectivity index (χ1v) is 32.9. The first kappa shape index (κ1) is 74.1. The van der Waals surface area contributed by atoms with Gasteiger partial charge in [0.2, 0.25) is 0 Å². The van der Waals surface area contributed by atoms with Crippen LogP contribution in [0.4, 0.5) is 0 Å². The summed E-state index contributed by atoms with van der Waals surface area (Å²) in [5, 5.41) is 0. The van der Waals surface area contributed by atoms with Crippen LogP contribution in [0, 0.1) is 0 Å². The maximum Gasteiger partial charge on any atom is 0.306 e. The molecule has 0 bridgehead atoms. The van der Waals surface area contributed by atoms with Gasteiger partial charge in [0.1, 0.15) is 13.2 Å². The monoisotopic (exact) mass is 1080 g/mol. The van der Waals surface area contributed by atoms with Gasteiger partial charge >= 0.3 is 17.9 Å². The highest BCUT2D eigenvalue weighted by atomic mass is 16.6. The van der Waals surface area contributed by atoms with E-state index in [4.69, 9.17) is 14.2 Å². The van der Waals surface area contributed by atoms with Crippen LogP contribution in [-0.4, -0.2) is 37.2 Å². The van der Waals surface area contributed by atoms with Crippen molar-refractivity contribution in [3.63, 3.8) is 0 Å². The lowest BCUT2D eigenvalue weighted by molar-refractivity contribution is -0.167. The predicted molar refractivity (Wildman–Crippen MR) is 339 cm³/mol. The van der Waals surface area contributed by atoms with Crippen LogP contribution >= 0.6 is 0 Å². The summed E-state index contributed by atoms with van der Waals surface area (Å²) in [6.07, 6.45) is 89.6. The summed E-state index contributed by atoms with van der Waals surface area (Å²) in [6, 6.07) is 0. The third-order valence-corrected chi connectivity index (χ3v) is 14.0. The highest BCUT2D eigenvalue weighted by molar-refractivity contribution is 5.71. The molecule has 0 aromatic rings. The maximum atomic E-state index is 12.9. The van der Waals surface area contributed by atoms with Crippen LogP contribution in [0.15, 0.2) is 109 Å². The summed E-state index contributed by atoms with van der Waals surface area (Å²) in [5.74, 6) is -0.913. The van der Waals surface area contributed by atoms with E-state index in [9.17, 15) is 14.4 Å². The van der Waals surface area contributed by atoms with Crippen LogP contribution < -0.4 is 0 Å². The molecule has 0 N–H and O–H groups in total. The Bertz CT molecular complexity index is 1570. The maximum absolute atomic E-state index is 12.9. The highest BCUT2D eigenvalue weighted by Crippen LogP contribution is 2.16. The van der Waals surface area contributed by atoms with Gasteiger partial charge in [-0.25, -0.2) is 0 Å². The van der Waals surface area contributed by atoms with Crippen LogP contribution in [0.25, 0.3) is 0 Å². The Morgan fingerprint density at radius 2 is 0.500 bits per heavy atom. The average Bonchev–Trinajstić information content (AvgIpc) is 3.44. The standard InChI is InChI=1S/C72H122O6/c1-4-7-10-13-16-19-22-25-28-30-31-32-33-34-35-36-37-38-39-40-41-43-44-47-50-53-56-59-62-65-71(74)77-68-69(67-76-70(73)64-61-58-55-52-49-46-27-24-21-18-15-12-9-6-3)78-72(75)66-63-60-57-54-51-48-45-42-29-26-23-20-17-14-11-8-5-2/h7-8,10-11,16-17,19-20,24-29,31-32,45,48,69H,4-6,9,12-15,18,21-23,30,33-44,46-47,49-68H2,1-3H3/b10-7-,11-8-,19-16-,20-17-,27-24-,28-25-,29-26-,32-31-,48-45-. The van der Waals surface area contributed by atoms with Crippen molar-refractivity contribution in [1.29, 1.82) is 0 Å². The molecule has 1 atom stereocenters. The molecule has 0 aromatic heterocycles. The quantitative estimate of drug-likeness (QED) is 0.0261. The molecule has 0 radical (unpaired) electrons. The van der Waals surface area contributed by atoms with E-state index in [1.165, 1.54) is 141 Å². The van der Waals surface area contributed by atoms with Gasteiger partial charge in [-0.3, -0.25) is 14.4 Å². The van der Waals surface area contributed by atoms with Gasteiger partial charge in [-0.05, 0) is 122 Å². The summed E-state index contributed by atoms with van der Waals surface area (Å²) >= 11 is 0. The van der Waals surface area contributed by atoms with E-state index < -0.39 is 6.10 Å². The molecule has 0 spiro atoms. The lowest BCUT2D eigenvalue weighted by atomic mass is 10.0. The zero-order valence-corrected chi connectivity index (χ0v) is 51.2. The van der Waals surface area contributed by atoms with Crippen molar-refractivity contribution in [2.75, 3.05) is 13.2 Å². The van der Waals surface area contributed by atoms with Gasteiger partial charge in [0.15, 0.2) is 6.10 Å². The molecule has 0 fully saturated rings. The molecular weight excluding hydrogens is 961 g/mol. The molecule has 78 heavy (non-hydrogen) atoms. The highest BCUT2D eigenvalue weighted by Gasteiger charge is 2.19. The van der Waals surface area contributed by atoms with Gasteiger partial charge in [-0.2, -0.15) is 0 Å². The number of carbonyl (C=O) groups excluding carboxylic acids is 3. The molecule has 6 heteroatoms. The molecule has 0 heterocycles. The fourth-order valence-corrected chi connectivity index (χ4v) is 9.13. The van der Waals surface area contributed by atoms with Crippen LogP contribution in [0.1, 0.15) is 310 Å². The molecule has 0 aliphatic rings. The third-order valence-electron chi connectivity index (χ3n) is 14.0. The third kappa shape index (κ3) is 62.9. The molecule has 0 aliphatic carbocycles. The number of hydrogen-bond donors (Lipinski definition) is 0. The molecule has 446 valence electrons. The second-order valence-corrected chi connectivity index (χ2v) is 21.6. The molecule has 0 aliphatic heterocycles. The minimum atomic E-state index is -0.796. The van der Waals surface area contributed by atoms with Crippen molar-refractivity contribution in [1.82, 2.24) is 0 Å². The molecule has 0 saturated carbocycles. The fourth-order valence-electron chi connectivity index (χ4n) is 9.13. The Balaban J connectivity index is 4.28. The van der Waals surface area contributed by atoms with Crippen molar-refractivity contribution < 1.29 is 28.6 Å². The van der Waals surface area contributed by atoms with E-state index in [1.54, 1.807) is 0 Å². The van der Waals surface area contributed by atoms with Crippen molar-refractivity contribution in [2.24, 2.45) is 0 Å². The lowest BCUT2D eigenvalue weighted by Gasteiger charge is -2.18. The molecule has 0 amide bonds. The first-order valence-electron chi connectivity index (χ1n) is 32.9. The summed E-state index contributed by atoms with van der Waals surface area (Å²) in [4.78, 5) is 38.3. The minimum Gasteiger partial charge on any atom is -0.462 e. The van der Waals surface area contributed by atoms with Crippen LogP contribution in [0.2, 0.25) is 0 Å². The smallest absolute Gasteiger partial charge is 0.306 e. The Labute approximate surface area is 482 Å². The van der Waals surface area contributed by atoms with Crippen molar-refractivity contribution >= 4 is 17.9 Å². The van der Waals surface area contributed by atoms with E-state index in [0.29, 0.717) is 19.3 Å². The Morgan fingerprint density at radius 3 is 0.795 bits per heavy atom. The Kier molecular flexibility index (Phi) is 62.3. The van der Waals surface area contributed by atoms with E-state index >= 15 is 0 Å². The molecule has 0 rings (SSSR count). The summed E-state index contributed by atoms with van der Waals surface area (Å²) < 4.78 is 16.9. The summed E-state index contributed by atoms with van der Waals surface area (Å²) in [7, 11) is 0. The SMILES string of the molecule is CC/C=C\C/C=C\C/C=C\C/C=C\CCCCCCCCCCCCCCCCCCC(=O)OCC(COC(=O)CCCCCCC/C=C\CCCCCCC)OC(=O)CCCCCC/C=C\C/C=C\C/C=C\C/C=C\CC. The Morgan fingerprint density at radius 1 is 0.269 bits per heavy atom. The number of ether oxygens (including phenoxy) is 3. The van der Waals surface area contributed by atoms with Crippen LogP contribution in [0.3, 0.4) is 0 Å². The van der Waals surface area contributed by atoms with E-state index in [1.807, 2.05) is 0 Å². The zero-order chi connectivity index (χ0) is 56.4. The van der Waals surface area contributed by atoms with Gasteiger partial charge in [0.25, 0.3) is 0 Å². The first-order chi connectivity index (χ1) is 38.5. The minimum absolute atomic E-state index is 0.0895. The lowest BCUT2D eigenvalue weighted by Crippen LogP contribution is -2.30. The van der Waals surface area contributed by atoms with Gasteiger partial charge in [0, 0.05) is 19.3 Å². The predicted octanol–water partition coefficient (Wildman–Crippen LogP) is 22.6. The molecule has 0 saturated heterocycles. The fraction of sp³-hybridized carbons (Fsp3) is 0.708. The van der Waals surface area contributed by atoms with Crippen LogP contribution in [0.5, 0.6) is 0 Å². The Hall–Kier alpha value is -3.93. The van der Waals surface area contributed by atoms with Gasteiger partial charge in [-0.1, -0.05) is 278 Å². The number of carbonyl (C=O) groups is 3. The molecule has 0 aromatic carbocycles. The topological polar surface area (TPSA) is 78.9 Å². The number of allylic oxidation sites excluding steroid dienone is 18. The normalized spacial score (nSPS) is 12.8. The van der Waals surface area contributed by atoms with E-state index in [-0.39, 0.29) is 31.1 Å². The second kappa shape index (κ2) is 65.6. The van der Waals surface area contributed by atoms with E-state index in [0.717, 1.165) is 128 Å². The number of esters is 3. The zero-order valence-electron chi connectivity index (χ0n) is 51.2. The molecule has 1 unspecified atom stereocenters. The second-order valence-electron chi connectivity index (χ2n) is 21.6. The van der Waals surface area contributed by atoms with Crippen molar-refractivity contribution in [2.45, 2.75) is 316 Å². The number of rotatable bonds is 59. The summed E-state index contributed by atoms with van der Waals surface area (Å²) in [5.41, 5.74) is 0. The molecular formula is C72H122O6. The van der Waals surface area contributed by atoms with Crippen LogP contribution in [-0.2, 0) is 28.6 Å². The van der Waals surface area contributed by atoms with Gasteiger partial charge in [-0.15, -0.1) is 0 Å². The largest absolute Gasteiger partial charge is 0.462 e. The number of unbranched alkanes of at least 4 members (excludes halogenated alkanes) is 30. The van der Waals surface area contributed by atoms with E-state index in [2.05, 4.69) is 130 Å². The van der Waals surface area contributed by atoms with Gasteiger partial charge < -0.3 is 14.2 Å². The average molecular weight is 1080 g/mol.